The van der Waals surface area contributed by atoms with Crippen molar-refractivity contribution < 1.29 is 27.1 Å². The number of carbonyl (C=O) groups excluding carboxylic acids is 1. The summed E-state index contributed by atoms with van der Waals surface area (Å²) in [5, 5.41) is 0. The Labute approximate surface area is 161 Å². The summed E-state index contributed by atoms with van der Waals surface area (Å²) in [7, 11) is 0. The van der Waals surface area contributed by atoms with Gasteiger partial charge in [0.25, 0.3) is 0 Å². The molecule has 0 amide bonds. The van der Waals surface area contributed by atoms with Crippen LogP contribution in [0, 0.1) is 26.6 Å². The smallest absolute Gasteiger partial charge is 0.419 e. The molecule has 0 heterocycles. The topological polar surface area (TPSA) is 52.3 Å². The van der Waals surface area contributed by atoms with E-state index in [4.69, 9.17) is 10.5 Å². The first-order valence-electron chi connectivity index (χ1n) is 8.85. The highest BCUT2D eigenvalue weighted by atomic mass is 19.4. The van der Waals surface area contributed by atoms with Crippen molar-refractivity contribution >= 4 is 5.97 Å². The molecule has 0 aliphatic carbocycles. The maximum Gasteiger partial charge on any atom is 0.419 e. The second-order valence-corrected chi connectivity index (χ2v) is 6.81. The first-order valence-corrected chi connectivity index (χ1v) is 8.85. The summed E-state index contributed by atoms with van der Waals surface area (Å²) >= 11 is 0. The summed E-state index contributed by atoms with van der Waals surface area (Å²) in [6, 6.07) is 4.51. The van der Waals surface area contributed by atoms with Crippen molar-refractivity contribution in [3.63, 3.8) is 0 Å². The normalized spacial score (nSPS) is 12.8. The number of hydrogen-bond donors (Lipinski definition) is 1. The highest BCUT2D eigenvalue weighted by Crippen LogP contribution is 2.39. The number of aryl methyl sites for hydroxylation is 3. The molecule has 0 aliphatic rings. The summed E-state index contributed by atoms with van der Waals surface area (Å²) < 4.78 is 59.8. The Morgan fingerprint density at radius 1 is 1.11 bits per heavy atom. The molecule has 0 saturated carbocycles. The molecule has 3 nitrogen and oxygen atoms in total. The van der Waals surface area contributed by atoms with Crippen LogP contribution in [0.3, 0.4) is 0 Å². The zero-order valence-corrected chi connectivity index (χ0v) is 16.2. The minimum absolute atomic E-state index is 0.101. The lowest BCUT2D eigenvalue weighted by Crippen LogP contribution is -2.20. The van der Waals surface area contributed by atoms with Gasteiger partial charge in [-0.15, -0.1) is 0 Å². The number of benzene rings is 2. The largest absolute Gasteiger partial charge is 0.466 e. The number of alkyl halides is 3. The third kappa shape index (κ3) is 4.70. The number of nitrogens with two attached hydrogens (primary N) is 1. The molecule has 0 fully saturated rings. The van der Waals surface area contributed by atoms with Crippen LogP contribution in [-0.2, 0) is 15.7 Å². The minimum Gasteiger partial charge on any atom is -0.466 e. The molecule has 0 spiro atoms. The highest BCUT2D eigenvalue weighted by Gasteiger charge is 2.37. The molecular formula is C21H23F4NO2. The predicted octanol–water partition coefficient (Wildman–Crippen LogP) is 5.39. The van der Waals surface area contributed by atoms with Gasteiger partial charge in [0.05, 0.1) is 18.6 Å². The van der Waals surface area contributed by atoms with Crippen molar-refractivity contribution in [3.8, 4) is 11.1 Å². The van der Waals surface area contributed by atoms with Gasteiger partial charge in [-0.05, 0) is 62.1 Å². The van der Waals surface area contributed by atoms with Gasteiger partial charge in [0.1, 0.15) is 5.82 Å². The van der Waals surface area contributed by atoms with Crippen molar-refractivity contribution in [2.75, 3.05) is 6.61 Å². The van der Waals surface area contributed by atoms with Gasteiger partial charge in [-0.25, -0.2) is 4.39 Å². The van der Waals surface area contributed by atoms with Crippen molar-refractivity contribution in [2.24, 2.45) is 5.73 Å². The molecule has 152 valence electrons. The lowest BCUT2D eigenvalue weighted by molar-refractivity contribution is -0.143. The van der Waals surface area contributed by atoms with E-state index in [1.54, 1.807) is 20.8 Å². The van der Waals surface area contributed by atoms with E-state index in [0.717, 1.165) is 22.8 Å². The molecule has 7 heteroatoms. The van der Waals surface area contributed by atoms with Crippen LogP contribution in [0.4, 0.5) is 17.6 Å². The summed E-state index contributed by atoms with van der Waals surface area (Å²) in [5.74, 6) is -2.16. The average Bonchev–Trinajstić information content (AvgIpc) is 2.54. The molecule has 0 aromatic heterocycles. The van der Waals surface area contributed by atoms with Gasteiger partial charge in [-0.2, -0.15) is 13.2 Å². The quantitative estimate of drug-likeness (QED) is 0.544. The Bertz CT molecular complexity index is 868. The van der Waals surface area contributed by atoms with Gasteiger partial charge in [-0.1, -0.05) is 17.7 Å². The van der Waals surface area contributed by atoms with Crippen molar-refractivity contribution in [2.45, 2.75) is 46.3 Å². The number of esters is 1. The van der Waals surface area contributed by atoms with Gasteiger partial charge in [-0.3, -0.25) is 4.79 Å². The zero-order chi connectivity index (χ0) is 21.2. The molecule has 0 bridgehead atoms. The molecular weight excluding hydrogens is 374 g/mol. The predicted molar refractivity (Wildman–Crippen MR) is 99.2 cm³/mol. The Morgan fingerprint density at radius 2 is 1.68 bits per heavy atom. The number of ether oxygens (including phenoxy) is 1. The van der Waals surface area contributed by atoms with Crippen molar-refractivity contribution in [3.05, 3.63) is 57.9 Å². The lowest BCUT2D eigenvalue weighted by atomic mass is 9.89. The Hall–Kier alpha value is -2.41. The van der Waals surface area contributed by atoms with E-state index >= 15 is 0 Å². The molecule has 0 radical (unpaired) electrons. The summed E-state index contributed by atoms with van der Waals surface area (Å²) in [4.78, 5) is 11.7. The van der Waals surface area contributed by atoms with Crippen LogP contribution in [0.15, 0.2) is 24.3 Å². The Balaban J connectivity index is 2.67. The van der Waals surface area contributed by atoms with E-state index in [0.29, 0.717) is 5.56 Å². The van der Waals surface area contributed by atoms with Crippen LogP contribution in [0.2, 0.25) is 0 Å². The van der Waals surface area contributed by atoms with E-state index in [9.17, 15) is 22.4 Å². The first-order chi connectivity index (χ1) is 13.0. The lowest BCUT2D eigenvalue weighted by Gasteiger charge is -2.20. The van der Waals surface area contributed by atoms with Gasteiger partial charge >= 0.3 is 12.1 Å². The fourth-order valence-corrected chi connectivity index (χ4v) is 3.41. The molecule has 2 N–H and O–H groups in total. The number of hydrogen-bond acceptors (Lipinski definition) is 3. The van der Waals surface area contributed by atoms with E-state index in [2.05, 4.69) is 0 Å². The van der Waals surface area contributed by atoms with Crippen LogP contribution in [0.1, 0.15) is 47.2 Å². The van der Waals surface area contributed by atoms with Crippen LogP contribution in [0.25, 0.3) is 11.1 Å². The second kappa shape index (κ2) is 8.31. The molecule has 28 heavy (non-hydrogen) atoms. The number of halogens is 4. The summed E-state index contributed by atoms with van der Waals surface area (Å²) in [5.41, 5.74) is 7.40. The Morgan fingerprint density at radius 3 is 2.18 bits per heavy atom. The highest BCUT2D eigenvalue weighted by molar-refractivity contribution is 5.74. The minimum atomic E-state index is -4.90. The van der Waals surface area contributed by atoms with E-state index in [1.807, 2.05) is 19.1 Å². The fraction of sp³-hybridized carbons (Fsp3) is 0.381. The number of carbonyl (C=O) groups is 1. The maximum absolute atomic E-state index is 14.7. The van der Waals surface area contributed by atoms with Crippen LogP contribution in [0.5, 0.6) is 0 Å². The van der Waals surface area contributed by atoms with E-state index in [1.165, 1.54) is 6.07 Å². The van der Waals surface area contributed by atoms with Gasteiger partial charge < -0.3 is 10.5 Å². The molecule has 2 rings (SSSR count). The van der Waals surface area contributed by atoms with Gasteiger partial charge in [0.15, 0.2) is 0 Å². The monoisotopic (exact) mass is 397 g/mol. The summed E-state index contributed by atoms with van der Waals surface area (Å²) in [6.07, 6.45) is -5.32. The average molecular weight is 397 g/mol. The molecule has 0 aliphatic heterocycles. The van der Waals surface area contributed by atoms with Gasteiger partial charge in [0, 0.05) is 11.6 Å². The number of rotatable bonds is 5. The van der Waals surface area contributed by atoms with Gasteiger partial charge in [0.2, 0.25) is 0 Å². The molecule has 2 aromatic rings. The molecule has 1 unspecified atom stereocenters. The first kappa shape index (κ1) is 21.9. The van der Waals surface area contributed by atoms with Crippen LogP contribution >= 0.6 is 0 Å². The second-order valence-electron chi connectivity index (χ2n) is 6.81. The SMILES string of the molecule is CCOC(=O)CC(N)c1cc(-c2c(C)cc(C)cc2C)cc(C(F)(F)F)c1F. The fourth-order valence-electron chi connectivity index (χ4n) is 3.41. The third-order valence-electron chi connectivity index (χ3n) is 4.46. The van der Waals surface area contributed by atoms with Crippen LogP contribution in [-0.4, -0.2) is 12.6 Å². The maximum atomic E-state index is 14.7. The molecule has 2 aromatic carbocycles. The Kier molecular flexibility index (Phi) is 6.49. The summed E-state index contributed by atoms with van der Waals surface area (Å²) in [6.45, 7) is 7.14. The van der Waals surface area contributed by atoms with E-state index < -0.39 is 36.0 Å². The van der Waals surface area contributed by atoms with E-state index in [-0.39, 0.29) is 17.7 Å². The van der Waals surface area contributed by atoms with Crippen molar-refractivity contribution in [1.29, 1.82) is 0 Å². The standard InChI is InChI=1S/C21H23F4NO2/c1-5-28-18(27)10-17(26)15-8-14(9-16(20(15)22)21(23,24)25)19-12(3)6-11(2)7-13(19)4/h6-9,17H,5,10,26H2,1-4H3. The third-order valence-corrected chi connectivity index (χ3v) is 4.46. The van der Waals surface area contributed by atoms with Crippen LogP contribution < -0.4 is 5.73 Å². The molecule has 1 atom stereocenters. The molecule has 0 saturated heterocycles. The van der Waals surface area contributed by atoms with Crippen molar-refractivity contribution in [1.82, 2.24) is 0 Å². The zero-order valence-electron chi connectivity index (χ0n) is 16.2.